The first-order chi connectivity index (χ1) is 12.6. The third-order valence-corrected chi connectivity index (χ3v) is 3.41. The van der Waals surface area contributed by atoms with E-state index in [0.717, 1.165) is 16.8 Å². The van der Waals surface area contributed by atoms with Crippen LogP contribution in [0.5, 0.6) is 11.5 Å². The molecule has 0 aliphatic carbocycles. The number of amides is 1. The summed E-state index contributed by atoms with van der Waals surface area (Å²) in [4.78, 5) is 12.0. The van der Waals surface area contributed by atoms with E-state index in [2.05, 4.69) is 15.8 Å². The van der Waals surface area contributed by atoms with Crippen LogP contribution in [0.4, 0.5) is 5.69 Å². The van der Waals surface area contributed by atoms with E-state index in [9.17, 15) is 4.79 Å². The van der Waals surface area contributed by atoms with Crippen LogP contribution in [0.2, 0.25) is 0 Å². The molecule has 26 heavy (non-hydrogen) atoms. The van der Waals surface area contributed by atoms with Gasteiger partial charge in [-0.05, 0) is 42.8 Å². The fourth-order valence-corrected chi connectivity index (χ4v) is 2.10. The van der Waals surface area contributed by atoms with Crippen molar-refractivity contribution in [2.45, 2.75) is 6.92 Å². The van der Waals surface area contributed by atoms with Crippen molar-refractivity contribution in [3.8, 4) is 11.5 Å². The summed E-state index contributed by atoms with van der Waals surface area (Å²) < 4.78 is 10.9. The summed E-state index contributed by atoms with van der Waals surface area (Å²) in [5.41, 5.74) is 5.34. The predicted molar refractivity (Wildman–Crippen MR) is 101 cm³/mol. The molecule has 0 fully saturated rings. The third kappa shape index (κ3) is 6.10. The Balaban J connectivity index is 1.92. The number of nitrogens with one attached hydrogen (secondary N) is 2. The maximum atomic E-state index is 12.0. The number of rotatable bonds is 9. The quantitative estimate of drug-likeness (QED) is 0.362. The zero-order valence-corrected chi connectivity index (χ0v) is 14.9. The lowest BCUT2D eigenvalue weighted by atomic mass is 10.2. The Morgan fingerprint density at radius 1 is 1.19 bits per heavy atom. The number of aliphatic hydroxyl groups excluding tert-OH is 1. The smallest absolute Gasteiger partial charge is 0.262 e. The van der Waals surface area contributed by atoms with E-state index in [4.69, 9.17) is 14.6 Å². The van der Waals surface area contributed by atoms with Gasteiger partial charge in [0.1, 0.15) is 0 Å². The number of anilines is 1. The molecule has 0 aliphatic rings. The predicted octanol–water partition coefficient (Wildman–Crippen LogP) is 1.94. The lowest BCUT2D eigenvalue weighted by Crippen LogP contribution is -2.20. The van der Waals surface area contributed by atoms with Crippen LogP contribution in [0.25, 0.3) is 0 Å². The summed E-state index contributed by atoms with van der Waals surface area (Å²) in [5, 5.41) is 15.4. The number of aryl methyl sites for hydroxylation is 1. The van der Waals surface area contributed by atoms with Crippen molar-refractivity contribution in [2.24, 2.45) is 5.10 Å². The number of methoxy groups -OCH3 is 1. The van der Waals surface area contributed by atoms with Gasteiger partial charge in [-0.2, -0.15) is 5.10 Å². The molecule has 0 radical (unpaired) electrons. The third-order valence-electron chi connectivity index (χ3n) is 3.41. The van der Waals surface area contributed by atoms with Crippen molar-refractivity contribution in [1.29, 1.82) is 0 Å². The van der Waals surface area contributed by atoms with E-state index in [-0.39, 0.29) is 19.1 Å². The molecule has 138 valence electrons. The fourth-order valence-electron chi connectivity index (χ4n) is 2.10. The van der Waals surface area contributed by atoms with Gasteiger partial charge in [0.15, 0.2) is 18.1 Å². The Bertz CT molecular complexity index is 745. The lowest BCUT2D eigenvalue weighted by Gasteiger charge is -2.11. The minimum Gasteiger partial charge on any atom is -0.493 e. The molecule has 0 spiro atoms. The van der Waals surface area contributed by atoms with E-state index in [1.165, 1.54) is 7.11 Å². The fraction of sp³-hybridized carbons (Fsp3) is 0.263. The van der Waals surface area contributed by atoms with Gasteiger partial charge >= 0.3 is 0 Å². The van der Waals surface area contributed by atoms with Gasteiger partial charge in [-0.1, -0.05) is 17.7 Å². The summed E-state index contributed by atoms with van der Waals surface area (Å²) in [6.45, 7) is 2.25. The minimum atomic E-state index is -0.255. The molecule has 0 unspecified atom stereocenters. The summed E-state index contributed by atoms with van der Waals surface area (Å²) >= 11 is 0. The summed E-state index contributed by atoms with van der Waals surface area (Å²) in [7, 11) is 1.53. The average molecular weight is 357 g/mol. The van der Waals surface area contributed by atoms with Gasteiger partial charge < -0.3 is 25.3 Å². The molecule has 1 amide bonds. The molecule has 2 rings (SSSR count). The van der Waals surface area contributed by atoms with Crippen molar-refractivity contribution >= 4 is 17.8 Å². The number of carbonyl (C=O) groups excluding carboxylic acids is 1. The number of hydrogen-bond acceptors (Lipinski definition) is 6. The standard InChI is InChI=1S/C19H23N3O4/c1-14-3-6-16(7-4-14)22-19(24)13-26-17-8-5-15(11-18(17)25-2)12-21-20-9-10-23/h3-8,11-12,20,23H,9-10,13H2,1-2H3,(H,22,24). The van der Waals surface area contributed by atoms with Crippen LogP contribution in [0, 0.1) is 6.92 Å². The van der Waals surface area contributed by atoms with Crippen molar-refractivity contribution in [3.05, 3.63) is 53.6 Å². The molecule has 7 nitrogen and oxygen atoms in total. The minimum absolute atomic E-state index is 0.0120. The first-order valence-electron chi connectivity index (χ1n) is 8.16. The maximum Gasteiger partial charge on any atom is 0.262 e. The number of aliphatic hydroxyl groups is 1. The van der Waals surface area contributed by atoms with E-state index in [0.29, 0.717) is 18.0 Å². The van der Waals surface area contributed by atoms with Crippen LogP contribution >= 0.6 is 0 Å². The number of hydrogen-bond donors (Lipinski definition) is 3. The Labute approximate surface area is 152 Å². The SMILES string of the molecule is COc1cc(C=NNCCO)ccc1OCC(=O)Nc1ccc(C)cc1. The Hall–Kier alpha value is -3.06. The second-order valence-electron chi connectivity index (χ2n) is 5.50. The van der Waals surface area contributed by atoms with Crippen molar-refractivity contribution in [3.63, 3.8) is 0 Å². The molecule has 0 saturated carbocycles. The van der Waals surface area contributed by atoms with E-state index < -0.39 is 0 Å². The highest BCUT2D eigenvalue weighted by molar-refractivity contribution is 5.92. The van der Waals surface area contributed by atoms with Crippen LogP contribution in [0.1, 0.15) is 11.1 Å². The second kappa shape index (κ2) is 10.0. The van der Waals surface area contributed by atoms with Crippen LogP contribution in [0.3, 0.4) is 0 Å². The number of nitrogens with zero attached hydrogens (tertiary/aromatic N) is 1. The van der Waals surface area contributed by atoms with Crippen LogP contribution in [0.15, 0.2) is 47.6 Å². The van der Waals surface area contributed by atoms with Crippen molar-refractivity contribution < 1.29 is 19.4 Å². The summed E-state index contributed by atoms with van der Waals surface area (Å²) in [5.74, 6) is 0.709. The summed E-state index contributed by atoms with van der Waals surface area (Å²) in [6, 6.07) is 12.8. The average Bonchev–Trinajstić information content (AvgIpc) is 2.65. The highest BCUT2D eigenvalue weighted by Crippen LogP contribution is 2.27. The monoisotopic (exact) mass is 357 g/mol. The number of carbonyl (C=O) groups is 1. The topological polar surface area (TPSA) is 92.2 Å². The van der Waals surface area contributed by atoms with Gasteiger partial charge in [-0.15, -0.1) is 0 Å². The van der Waals surface area contributed by atoms with Gasteiger partial charge in [0.05, 0.1) is 26.5 Å². The highest BCUT2D eigenvalue weighted by Gasteiger charge is 2.08. The summed E-state index contributed by atoms with van der Waals surface area (Å²) in [6.07, 6.45) is 1.60. The molecule has 0 atom stereocenters. The largest absolute Gasteiger partial charge is 0.493 e. The van der Waals surface area contributed by atoms with Gasteiger partial charge in [0.25, 0.3) is 5.91 Å². The molecule has 0 aliphatic heterocycles. The molecule has 0 saturated heterocycles. The van der Waals surface area contributed by atoms with Gasteiger partial charge in [0.2, 0.25) is 0 Å². The Kier molecular flexibility index (Phi) is 7.45. The van der Waals surface area contributed by atoms with Gasteiger partial charge in [0, 0.05) is 5.69 Å². The van der Waals surface area contributed by atoms with Gasteiger partial charge in [-0.3, -0.25) is 4.79 Å². The molecular weight excluding hydrogens is 334 g/mol. The van der Waals surface area contributed by atoms with E-state index in [1.54, 1.807) is 24.4 Å². The van der Waals surface area contributed by atoms with Crippen LogP contribution in [-0.2, 0) is 4.79 Å². The molecular formula is C19H23N3O4. The molecule has 0 bridgehead atoms. The molecule has 3 N–H and O–H groups in total. The molecule has 0 aromatic heterocycles. The Morgan fingerprint density at radius 2 is 1.96 bits per heavy atom. The number of ether oxygens (including phenoxy) is 2. The number of benzene rings is 2. The zero-order chi connectivity index (χ0) is 18.8. The van der Waals surface area contributed by atoms with Crippen molar-refractivity contribution in [2.75, 3.05) is 32.2 Å². The molecule has 7 heteroatoms. The Morgan fingerprint density at radius 3 is 2.65 bits per heavy atom. The zero-order valence-electron chi connectivity index (χ0n) is 14.9. The normalized spacial score (nSPS) is 10.6. The molecule has 0 heterocycles. The second-order valence-corrected chi connectivity index (χ2v) is 5.50. The van der Waals surface area contributed by atoms with Crippen LogP contribution in [-0.4, -0.2) is 44.1 Å². The number of hydrazone groups is 1. The lowest BCUT2D eigenvalue weighted by molar-refractivity contribution is -0.118. The molecule has 2 aromatic rings. The highest BCUT2D eigenvalue weighted by atomic mass is 16.5. The van der Waals surface area contributed by atoms with E-state index >= 15 is 0 Å². The van der Waals surface area contributed by atoms with E-state index in [1.807, 2.05) is 31.2 Å². The van der Waals surface area contributed by atoms with Gasteiger partial charge in [-0.25, -0.2) is 0 Å². The first-order valence-corrected chi connectivity index (χ1v) is 8.16. The maximum absolute atomic E-state index is 12.0. The first kappa shape index (κ1) is 19.3. The van der Waals surface area contributed by atoms with Crippen molar-refractivity contribution in [1.82, 2.24) is 5.43 Å². The van der Waals surface area contributed by atoms with Crippen LogP contribution < -0.4 is 20.2 Å². The molecule has 2 aromatic carbocycles.